The Labute approximate surface area is 162 Å². The van der Waals surface area contributed by atoms with Crippen molar-refractivity contribution in [3.8, 4) is 0 Å². The molecule has 2 heterocycles. The van der Waals surface area contributed by atoms with Gasteiger partial charge in [0.15, 0.2) is 0 Å². The van der Waals surface area contributed by atoms with Crippen molar-refractivity contribution in [2.24, 2.45) is 10.4 Å². The van der Waals surface area contributed by atoms with Gasteiger partial charge in [-0.05, 0) is 54.3 Å². The third-order valence-corrected chi connectivity index (χ3v) is 4.80. The van der Waals surface area contributed by atoms with Crippen molar-refractivity contribution in [1.29, 1.82) is 0 Å². The third kappa shape index (κ3) is 5.40. The summed E-state index contributed by atoms with van der Waals surface area (Å²) < 4.78 is 0. The summed E-state index contributed by atoms with van der Waals surface area (Å²) in [6, 6.07) is 0. The summed E-state index contributed by atoms with van der Waals surface area (Å²) in [6.07, 6.45) is 10.0. The fourth-order valence-corrected chi connectivity index (χ4v) is 3.28. The van der Waals surface area contributed by atoms with Crippen LogP contribution >= 0.6 is 0 Å². The van der Waals surface area contributed by atoms with Gasteiger partial charge in [-0.15, -0.1) is 0 Å². The summed E-state index contributed by atoms with van der Waals surface area (Å²) in [5.41, 5.74) is 5.17. The molecule has 2 aliphatic rings. The molecule has 0 radical (unpaired) electrons. The van der Waals surface area contributed by atoms with Crippen LogP contribution in [0.1, 0.15) is 41.0 Å². The zero-order chi connectivity index (χ0) is 20.0. The van der Waals surface area contributed by atoms with E-state index in [9.17, 15) is 4.79 Å². The summed E-state index contributed by atoms with van der Waals surface area (Å²) in [5.74, 6) is 0.336. The second-order valence-electron chi connectivity index (χ2n) is 7.86. The fourth-order valence-electron chi connectivity index (χ4n) is 3.28. The molecule has 27 heavy (non-hydrogen) atoms. The Morgan fingerprint density at radius 2 is 2.15 bits per heavy atom. The maximum atomic E-state index is 11.2. The van der Waals surface area contributed by atoms with E-state index in [2.05, 4.69) is 44.4 Å². The van der Waals surface area contributed by atoms with Crippen LogP contribution in [-0.4, -0.2) is 52.9 Å². The average molecular weight is 373 g/mol. The maximum Gasteiger partial charge on any atom is 0.267 e. The van der Waals surface area contributed by atoms with E-state index in [1.165, 1.54) is 17.3 Å². The highest BCUT2D eigenvalue weighted by Crippen LogP contribution is 2.34. The topological polar surface area (TPSA) is 68.2 Å². The average Bonchev–Trinajstić information content (AvgIpc) is 2.64. The number of nitrogens with one attached hydrogen (secondary N) is 1. The second kappa shape index (κ2) is 9.15. The summed E-state index contributed by atoms with van der Waals surface area (Å²) in [4.78, 5) is 20.6. The van der Waals surface area contributed by atoms with Gasteiger partial charge in [0, 0.05) is 24.5 Å². The van der Waals surface area contributed by atoms with E-state index in [0.29, 0.717) is 6.54 Å². The fraction of sp³-hybridized carbons (Fsp3) is 0.524. The number of fused-ring (bicyclic) bond motifs is 1. The van der Waals surface area contributed by atoms with Gasteiger partial charge in [0.2, 0.25) is 0 Å². The molecule has 0 bridgehead atoms. The van der Waals surface area contributed by atoms with Gasteiger partial charge in [0.25, 0.3) is 5.91 Å². The van der Waals surface area contributed by atoms with Gasteiger partial charge in [-0.25, -0.2) is 5.48 Å². The van der Waals surface area contributed by atoms with Crippen LogP contribution in [0.2, 0.25) is 0 Å². The van der Waals surface area contributed by atoms with Crippen molar-refractivity contribution >= 4 is 11.7 Å². The largest absolute Gasteiger partial charge is 0.305 e. The number of amidine groups is 1. The first-order chi connectivity index (χ1) is 12.8. The molecule has 0 aliphatic carbocycles. The summed E-state index contributed by atoms with van der Waals surface area (Å²) in [6.45, 7) is 14.8. The molecule has 6 heteroatoms. The van der Waals surface area contributed by atoms with Crippen LogP contribution in [0.15, 0.2) is 52.3 Å². The Kier molecular flexibility index (Phi) is 7.16. The van der Waals surface area contributed by atoms with Crippen LogP contribution in [0.4, 0.5) is 0 Å². The Bertz CT molecular complexity index is 708. The van der Waals surface area contributed by atoms with Gasteiger partial charge in [-0.2, -0.15) is 0 Å². The number of nitrogens with zero attached hydrogens (tertiary/aromatic N) is 3. The minimum absolute atomic E-state index is 0.0485. The molecular formula is C21H32N4O2. The minimum Gasteiger partial charge on any atom is -0.305 e. The third-order valence-electron chi connectivity index (χ3n) is 4.80. The van der Waals surface area contributed by atoms with Crippen LogP contribution < -0.4 is 5.48 Å². The van der Waals surface area contributed by atoms with Crippen LogP contribution in [0.3, 0.4) is 0 Å². The Hall–Kier alpha value is -2.18. The monoisotopic (exact) mass is 372 g/mol. The van der Waals surface area contributed by atoms with Crippen molar-refractivity contribution in [2.45, 2.75) is 41.0 Å². The molecule has 0 aromatic rings. The van der Waals surface area contributed by atoms with Crippen LogP contribution in [0, 0.1) is 5.41 Å². The van der Waals surface area contributed by atoms with Crippen molar-refractivity contribution in [3.63, 3.8) is 0 Å². The molecule has 148 valence electrons. The highest BCUT2D eigenvalue weighted by atomic mass is 16.5. The summed E-state index contributed by atoms with van der Waals surface area (Å²) in [7, 11) is 0. The first kappa shape index (κ1) is 21.1. The number of rotatable bonds is 7. The van der Waals surface area contributed by atoms with Crippen molar-refractivity contribution < 1.29 is 10.0 Å². The second-order valence-corrected chi connectivity index (χ2v) is 7.86. The lowest BCUT2D eigenvalue weighted by molar-refractivity contribution is -0.124. The molecular weight excluding hydrogens is 340 g/mol. The van der Waals surface area contributed by atoms with Crippen LogP contribution in [0.25, 0.3) is 0 Å². The molecule has 6 nitrogen and oxygen atoms in total. The molecule has 0 aromatic heterocycles. The molecule has 0 aromatic carbocycles. The molecule has 2 rings (SSSR count). The van der Waals surface area contributed by atoms with Crippen molar-refractivity contribution in [3.05, 3.63) is 47.3 Å². The van der Waals surface area contributed by atoms with Gasteiger partial charge in [-0.3, -0.25) is 19.9 Å². The number of carbonyl (C=O) groups excluding carboxylic acids is 1. The van der Waals surface area contributed by atoms with Crippen molar-refractivity contribution in [2.75, 3.05) is 26.2 Å². The lowest BCUT2D eigenvalue weighted by atomic mass is 9.83. The van der Waals surface area contributed by atoms with Crippen LogP contribution in [0.5, 0.6) is 0 Å². The summed E-state index contributed by atoms with van der Waals surface area (Å²) >= 11 is 0. The molecule has 2 N–H and O–H groups in total. The van der Waals surface area contributed by atoms with Gasteiger partial charge >= 0.3 is 0 Å². The first-order valence-electron chi connectivity index (χ1n) is 9.60. The zero-order valence-corrected chi connectivity index (χ0v) is 17.1. The van der Waals surface area contributed by atoms with E-state index in [4.69, 9.17) is 10.2 Å². The predicted molar refractivity (Wildman–Crippen MR) is 109 cm³/mol. The normalized spacial score (nSPS) is 17.4. The molecule has 1 amide bonds. The Morgan fingerprint density at radius 1 is 1.41 bits per heavy atom. The van der Waals surface area contributed by atoms with Gasteiger partial charge < -0.3 is 4.90 Å². The molecule has 0 saturated carbocycles. The lowest BCUT2D eigenvalue weighted by Gasteiger charge is -2.38. The molecule has 2 aliphatic heterocycles. The van der Waals surface area contributed by atoms with Crippen molar-refractivity contribution in [1.82, 2.24) is 15.3 Å². The number of allylic oxidation sites excluding steroid dienone is 3. The quantitative estimate of drug-likeness (QED) is 0.409. The van der Waals surface area contributed by atoms with E-state index < -0.39 is 5.91 Å². The number of carbonyl (C=O) groups is 1. The highest BCUT2D eigenvalue weighted by molar-refractivity contribution is 5.99. The van der Waals surface area contributed by atoms with E-state index in [0.717, 1.165) is 37.5 Å². The SMILES string of the molecule is CCCN(CC)CC1=C(C(C)(C)C)CN=C2C=C(/C=C/C(=O)NO)C=CN21. The number of amides is 1. The first-order valence-corrected chi connectivity index (χ1v) is 9.60. The number of hydrogen-bond donors (Lipinski definition) is 2. The lowest BCUT2D eigenvalue weighted by Crippen LogP contribution is -2.40. The number of hydrogen-bond acceptors (Lipinski definition) is 5. The minimum atomic E-state index is -0.550. The molecule has 0 unspecified atom stereocenters. The van der Waals surface area contributed by atoms with Gasteiger partial charge in [0.1, 0.15) is 5.84 Å². The van der Waals surface area contributed by atoms with Gasteiger partial charge in [0.05, 0.1) is 6.54 Å². The highest BCUT2D eigenvalue weighted by Gasteiger charge is 2.30. The van der Waals surface area contributed by atoms with E-state index in [1.54, 1.807) is 11.6 Å². The summed E-state index contributed by atoms with van der Waals surface area (Å²) in [5, 5.41) is 8.61. The number of likely N-dealkylation sites (N-methyl/N-ethyl adjacent to an activating group) is 1. The smallest absolute Gasteiger partial charge is 0.267 e. The molecule has 0 spiro atoms. The van der Waals surface area contributed by atoms with E-state index in [-0.39, 0.29) is 5.41 Å². The number of hydroxylamine groups is 1. The molecule has 0 atom stereocenters. The Morgan fingerprint density at radius 3 is 2.74 bits per heavy atom. The Balaban J connectivity index is 2.31. The van der Waals surface area contributed by atoms with E-state index >= 15 is 0 Å². The van der Waals surface area contributed by atoms with E-state index in [1.807, 2.05) is 18.4 Å². The molecule has 0 fully saturated rings. The predicted octanol–water partition coefficient (Wildman–Crippen LogP) is 3.25. The molecule has 0 saturated heterocycles. The van der Waals surface area contributed by atoms with Gasteiger partial charge in [-0.1, -0.05) is 34.6 Å². The standard InChI is InChI=1S/C21H32N4O2/c1-6-11-24(7-2)15-18-17(21(3,4)5)14-22-19-13-16(10-12-25(18)19)8-9-20(26)23-27/h8-10,12-13,27H,6-7,11,14-15H2,1-5H3,(H,23,26)/b9-8+. The maximum absolute atomic E-state index is 11.2. The van der Waals surface area contributed by atoms with Crippen LogP contribution in [-0.2, 0) is 4.79 Å². The zero-order valence-electron chi connectivity index (χ0n) is 17.1. The number of aliphatic imine (C=N–C) groups is 1.